The molecule has 2 aliphatic rings. The van der Waals surface area contributed by atoms with Gasteiger partial charge < -0.3 is 15.5 Å². The maximum atomic E-state index is 10.3. The van der Waals surface area contributed by atoms with Crippen LogP contribution in [0.25, 0.3) is 0 Å². The van der Waals surface area contributed by atoms with Crippen LogP contribution in [0.2, 0.25) is 0 Å². The zero-order valence-corrected chi connectivity index (χ0v) is 11.9. The molecule has 0 aromatic heterocycles. The standard InChI is InChI=1S/C17H25NO2/c19-15-10-14(13-8-2-1-3-9-13)16(17(15)20)18-11-12-6-4-5-7-12/h1-3,8-9,12,14-20H,4-7,10-11H2/t14-,15-,16-,17-/m1/s1. The Hall–Kier alpha value is -0.900. The molecule has 0 unspecified atom stereocenters. The largest absolute Gasteiger partial charge is 0.390 e. The van der Waals surface area contributed by atoms with Crippen LogP contribution in [0.3, 0.4) is 0 Å². The average Bonchev–Trinajstić information content (AvgIpc) is 3.08. The Kier molecular flexibility index (Phi) is 4.39. The van der Waals surface area contributed by atoms with Crippen LogP contribution in [-0.2, 0) is 0 Å². The van der Waals surface area contributed by atoms with Crippen LogP contribution in [0, 0.1) is 5.92 Å². The molecule has 1 aromatic rings. The maximum Gasteiger partial charge on any atom is 0.0957 e. The van der Waals surface area contributed by atoms with Gasteiger partial charge in [-0.05, 0) is 37.3 Å². The summed E-state index contributed by atoms with van der Waals surface area (Å²) in [6, 6.07) is 10.2. The maximum absolute atomic E-state index is 10.3. The fourth-order valence-corrected chi connectivity index (χ4v) is 3.85. The van der Waals surface area contributed by atoms with Crippen molar-refractivity contribution in [2.24, 2.45) is 5.92 Å². The third-order valence-electron chi connectivity index (χ3n) is 5.04. The van der Waals surface area contributed by atoms with Gasteiger partial charge in [0.15, 0.2) is 0 Å². The summed E-state index contributed by atoms with van der Waals surface area (Å²) in [6.45, 7) is 0.970. The van der Waals surface area contributed by atoms with Gasteiger partial charge in [0.2, 0.25) is 0 Å². The first-order valence-corrected chi connectivity index (χ1v) is 7.90. The quantitative estimate of drug-likeness (QED) is 0.788. The smallest absolute Gasteiger partial charge is 0.0957 e. The van der Waals surface area contributed by atoms with E-state index in [9.17, 15) is 10.2 Å². The summed E-state index contributed by atoms with van der Waals surface area (Å²) in [5.41, 5.74) is 1.21. The van der Waals surface area contributed by atoms with Crippen molar-refractivity contribution in [3.8, 4) is 0 Å². The van der Waals surface area contributed by atoms with Crippen LogP contribution in [-0.4, -0.2) is 35.0 Å². The molecule has 2 saturated carbocycles. The van der Waals surface area contributed by atoms with Gasteiger partial charge in [-0.3, -0.25) is 0 Å². The first kappa shape index (κ1) is 14.1. The predicted octanol–water partition coefficient (Wildman–Crippen LogP) is 2.04. The van der Waals surface area contributed by atoms with Crippen LogP contribution in [0.5, 0.6) is 0 Å². The molecule has 0 bridgehead atoms. The van der Waals surface area contributed by atoms with Gasteiger partial charge in [-0.15, -0.1) is 0 Å². The molecule has 0 amide bonds. The number of hydrogen-bond acceptors (Lipinski definition) is 3. The second kappa shape index (κ2) is 6.25. The van der Waals surface area contributed by atoms with Crippen LogP contribution >= 0.6 is 0 Å². The van der Waals surface area contributed by atoms with Gasteiger partial charge in [0.05, 0.1) is 12.2 Å². The molecule has 3 nitrogen and oxygen atoms in total. The van der Waals surface area contributed by atoms with E-state index in [1.54, 1.807) is 0 Å². The van der Waals surface area contributed by atoms with Crippen molar-refractivity contribution in [3.05, 3.63) is 35.9 Å². The van der Waals surface area contributed by atoms with Crippen LogP contribution in [0.1, 0.15) is 43.6 Å². The molecule has 2 aliphatic carbocycles. The van der Waals surface area contributed by atoms with E-state index in [0.29, 0.717) is 6.42 Å². The van der Waals surface area contributed by atoms with Crippen LogP contribution in [0.15, 0.2) is 30.3 Å². The summed E-state index contributed by atoms with van der Waals surface area (Å²) in [6.07, 6.45) is 4.66. The van der Waals surface area contributed by atoms with Crippen molar-refractivity contribution in [3.63, 3.8) is 0 Å². The second-order valence-electron chi connectivity index (χ2n) is 6.40. The fraction of sp³-hybridized carbons (Fsp3) is 0.647. The highest BCUT2D eigenvalue weighted by molar-refractivity contribution is 5.24. The molecule has 0 saturated heterocycles. The van der Waals surface area contributed by atoms with Gasteiger partial charge >= 0.3 is 0 Å². The molecule has 3 heteroatoms. The zero-order valence-electron chi connectivity index (χ0n) is 11.9. The molecule has 1 aromatic carbocycles. The third kappa shape index (κ3) is 2.90. The van der Waals surface area contributed by atoms with Gasteiger partial charge in [0.1, 0.15) is 0 Å². The Balaban J connectivity index is 1.68. The minimum Gasteiger partial charge on any atom is -0.390 e. The topological polar surface area (TPSA) is 52.5 Å². The predicted molar refractivity (Wildman–Crippen MR) is 79.6 cm³/mol. The van der Waals surface area contributed by atoms with Crippen molar-refractivity contribution in [1.29, 1.82) is 0 Å². The Bertz CT molecular complexity index is 416. The summed E-state index contributed by atoms with van der Waals surface area (Å²) < 4.78 is 0. The molecule has 0 aliphatic heterocycles. The summed E-state index contributed by atoms with van der Waals surface area (Å²) in [5, 5.41) is 23.8. The molecule has 2 fully saturated rings. The van der Waals surface area contributed by atoms with Gasteiger partial charge in [-0.2, -0.15) is 0 Å². The van der Waals surface area contributed by atoms with Gasteiger partial charge in [0, 0.05) is 12.0 Å². The van der Waals surface area contributed by atoms with Gasteiger partial charge in [-0.1, -0.05) is 43.2 Å². The highest BCUT2D eigenvalue weighted by atomic mass is 16.3. The van der Waals surface area contributed by atoms with Crippen molar-refractivity contribution < 1.29 is 10.2 Å². The molecule has 110 valence electrons. The summed E-state index contributed by atoms with van der Waals surface area (Å²) in [5.74, 6) is 0.957. The fourth-order valence-electron chi connectivity index (χ4n) is 3.85. The molecule has 20 heavy (non-hydrogen) atoms. The highest BCUT2D eigenvalue weighted by Crippen LogP contribution is 2.35. The van der Waals surface area contributed by atoms with E-state index in [1.165, 1.54) is 31.2 Å². The van der Waals surface area contributed by atoms with Crippen LogP contribution in [0.4, 0.5) is 0 Å². The molecule has 3 rings (SSSR count). The van der Waals surface area contributed by atoms with Crippen molar-refractivity contribution >= 4 is 0 Å². The van der Waals surface area contributed by atoms with E-state index in [1.807, 2.05) is 18.2 Å². The Morgan fingerprint density at radius 2 is 1.75 bits per heavy atom. The Morgan fingerprint density at radius 3 is 2.45 bits per heavy atom. The van der Waals surface area contributed by atoms with Crippen molar-refractivity contribution in [2.45, 2.75) is 56.3 Å². The van der Waals surface area contributed by atoms with E-state index in [4.69, 9.17) is 0 Å². The SMILES string of the molecule is O[C@H]1[C@H](NCC2CCCC2)[C@@H](c2ccccc2)C[C@H]1O. The average molecular weight is 275 g/mol. The van der Waals surface area contributed by atoms with E-state index in [2.05, 4.69) is 17.4 Å². The molecule has 0 radical (unpaired) electrons. The lowest BCUT2D eigenvalue weighted by Gasteiger charge is -2.25. The number of hydrogen-bond donors (Lipinski definition) is 3. The second-order valence-corrected chi connectivity index (χ2v) is 6.40. The van der Waals surface area contributed by atoms with Crippen molar-refractivity contribution in [2.75, 3.05) is 6.54 Å². The number of benzene rings is 1. The highest BCUT2D eigenvalue weighted by Gasteiger charge is 2.42. The third-order valence-corrected chi connectivity index (χ3v) is 5.04. The lowest BCUT2D eigenvalue weighted by Crippen LogP contribution is -2.44. The van der Waals surface area contributed by atoms with E-state index in [0.717, 1.165) is 12.5 Å². The number of aliphatic hydroxyl groups is 2. The molecule has 4 atom stereocenters. The number of rotatable bonds is 4. The lowest BCUT2D eigenvalue weighted by atomic mass is 9.93. The minimum absolute atomic E-state index is 0.0204. The summed E-state index contributed by atoms with van der Waals surface area (Å²) >= 11 is 0. The normalized spacial score (nSPS) is 34.7. The molecule has 0 spiro atoms. The first-order chi connectivity index (χ1) is 9.75. The number of aliphatic hydroxyl groups excluding tert-OH is 2. The van der Waals surface area contributed by atoms with E-state index < -0.39 is 12.2 Å². The van der Waals surface area contributed by atoms with Crippen molar-refractivity contribution in [1.82, 2.24) is 5.32 Å². The first-order valence-electron chi connectivity index (χ1n) is 7.90. The van der Waals surface area contributed by atoms with Gasteiger partial charge in [0.25, 0.3) is 0 Å². The molecular weight excluding hydrogens is 250 g/mol. The lowest BCUT2D eigenvalue weighted by molar-refractivity contribution is 0.0294. The van der Waals surface area contributed by atoms with E-state index >= 15 is 0 Å². The Labute approximate surface area is 121 Å². The zero-order chi connectivity index (χ0) is 13.9. The van der Waals surface area contributed by atoms with E-state index in [-0.39, 0.29) is 12.0 Å². The molecule has 3 N–H and O–H groups in total. The monoisotopic (exact) mass is 275 g/mol. The van der Waals surface area contributed by atoms with Gasteiger partial charge in [-0.25, -0.2) is 0 Å². The number of nitrogens with one attached hydrogen (secondary N) is 1. The minimum atomic E-state index is -0.651. The Morgan fingerprint density at radius 1 is 1.05 bits per heavy atom. The summed E-state index contributed by atoms with van der Waals surface area (Å²) in [4.78, 5) is 0. The molecule has 0 heterocycles. The van der Waals surface area contributed by atoms with Crippen LogP contribution < -0.4 is 5.32 Å². The molecular formula is C17H25NO2. The summed E-state index contributed by atoms with van der Waals surface area (Å²) in [7, 11) is 0.